The number of hydrogen-bond acceptors (Lipinski definition) is 5. The van der Waals surface area contributed by atoms with Crippen molar-refractivity contribution < 1.29 is 23.8 Å². The van der Waals surface area contributed by atoms with E-state index >= 15 is 0 Å². The molecule has 0 aromatic heterocycles. The van der Waals surface area contributed by atoms with Crippen LogP contribution < -0.4 is 14.4 Å². The van der Waals surface area contributed by atoms with E-state index in [2.05, 4.69) is 15.9 Å². The number of anilines is 1. The van der Waals surface area contributed by atoms with E-state index in [1.807, 2.05) is 6.07 Å². The van der Waals surface area contributed by atoms with Crippen LogP contribution in [-0.2, 0) is 14.3 Å². The second-order valence-corrected chi connectivity index (χ2v) is 7.68. The number of halogens is 2. The third-order valence-corrected chi connectivity index (χ3v) is 5.46. The van der Waals surface area contributed by atoms with Crippen LogP contribution in [0.5, 0.6) is 11.5 Å². The molecule has 0 N–H and O–H groups in total. The molecular weight excluding hydrogens is 474 g/mol. The minimum absolute atomic E-state index is 0.177. The Hall–Kier alpha value is -2.77. The molecule has 0 unspecified atom stereocenters. The topological polar surface area (TPSA) is 65.1 Å². The van der Waals surface area contributed by atoms with Crippen molar-refractivity contribution in [2.24, 2.45) is 0 Å². The van der Waals surface area contributed by atoms with Gasteiger partial charge in [0.15, 0.2) is 0 Å². The van der Waals surface area contributed by atoms with Crippen LogP contribution in [0, 0.1) is 0 Å². The largest absolute Gasteiger partial charge is 0.496 e. The van der Waals surface area contributed by atoms with Crippen molar-refractivity contribution in [3.05, 3.63) is 68.3 Å². The average molecular weight is 493 g/mol. The Kier molecular flexibility index (Phi) is 6.53. The lowest BCUT2D eigenvalue weighted by atomic mass is 10.0. The van der Waals surface area contributed by atoms with E-state index in [-0.39, 0.29) is 17.1 Å². The maximum absolute atomic E-state index is 13.4. The standard InChI is InChI=1S/C22H19BrClNO5/c1-12-20(22(27)30-4)16(10-13-9-14(23)5-7-18(13)28-2)21(26)25(12)15-6-8-19(29-3)17(24)11-15/h5-11H,1-4H3/b16-10-. The molecular formula is C22H19BrClNO5. The zero-order chi connectivity index (χ0) is 22.0. The summed E-state index contributed by atoms with van der Waals surface area (Å²) in [6, 6.07) is 10.4. The van der Waals surface area contributed by atoms with Gasteiger partial charge in [-0.25, -0.2) is 4.79 Å². The fourth-order valence-corrected chi connectivity index (χ4v) is 3.89. The SMILES string of the molecule is COC(=O)C1=C(C)N(c2ccc(OC)c(Cl)c2)C(=O)/C1=C\c1cc(Br)ccc1OC. The number of carbonyl (C=O) groups excluding carboxylic acids is 2. The van der Waals surface area contributed by atoms with Crippen LogP contribution in [0.2, 0.25) is 5.02 Å². The monoisotopic (exact) mass is 491 g/mol. The Morgan fingerprint density at radius 3 is 2.33 bits per heavy atom. The number of esters is 1. The molecule has 0 fully saturated rings. The fourth-order valence-electron chi connectivity index (χ4n) is 3.26. The van der Waals surface area contributed by atoms with E-state index in [1.165, 1.54) is 26.2 Å². The Morgan fingerprint density at radius 2 is 1.73 bits per heavy atom. The van der Waals surface area contributed by atoms with E-state index in [0.717, 1.165) is 4.47 Å². The third-order valence-electron chi connectivity index (χ3n) is 4.67. The van der Waals surface area contributed by atoms with E-state index in [0.29, 0.717) is 33.5 Å². The predicted molar refractivity (Wildman–Crippen MR) is 119 cm³/mol. The Labute approximate surface area is 187 Å². The molecule has 8 heteroatoms. The molecule has 0 aliphatic carbocycles. The van der Waals surface area contributed by atoms with Gasteiger partial charge in [-0.1, -0.05) is 27.5 Å². The van der Waals surface area contributed by atoms with Crippen LogP contribution >= 0.6 is 27.5 Å². The molecule has 2 aromatic carbocycles. The van der Waals surface area contributed by atoms with E-state index < -0.39 is 5.97 Å². The van der Waals surface area contributed by atoms with Crippen LogP contribution in [0.25, 0.3) is 6.08 Å². The number of allylic oxidation sites excluding steroid dienone is 1. The minimum Gasteiger partial charge on any atom is -0.496 e. The number of carbonyl (C=O) groups is 2. The fraction of sp³-hybridized carbons (Fsp3) is 0.182. The summed E-state index contributed by atoms with van der Waals surface area (Å²) in [7, 11) is 4.32. The highest BCUT2D eigenvalue weighted by atomic mass is 79.9. The molecule has 6 nitrogen and oxygen atoms in total. The minimum atomic E-state index is -0.608. The van der Waals surface area contributed by atoms with E-state index in [1.54, 1.807) is 43.3 Å². The molecule has 156 valence electrons. The highest BCUT2D eigenvalue weighted by Crippen LogP contribution is 2.39. The summed E-state index contributed by atoms with van der Waals surface area (Å²) < 4.78 is 16.3. The maximum atomic E-state index is 13.4. The van der Waals surface area contributed by atoms with Gasteiger partial charge in [0, 0.05) is 15.7 Å². The van der Waals surface area contributed by atoms with Crippen molar-refractivity contribution in [2.45, 2.75) is 6.92 Å². The second kappa shape index (κ2) is 8.93. The van der Waals surface area contributed by atoms with Crippen molar-refractivity contribution in [3.8, 4) is 11.5 Å². The van der Waals surface area contributed by atoms with Crippen LogP contribution in [0.15, 0.2) is 57.7 Å². The van der Waals surface area contributed by atoms with E-state index in [4.69, 9.17) is 25.8 Å². The van der Waals surface area contributed by atoms with Crippen LogP contribution in [0.1, 0.15) is 12.5 Å². The van der Waals surface area contributed by atoms with Crippen molar-refractivity contribution in [1.82, 2.24) is 0 Å². The van der Waals surface area contributed by atoms with Gasteiger partial charge >= 0.3 is 5.97 Å². The van der Waals surface area contributed by atoms with Gasteiger partial charge in [0.2, 0.25) is 0 Å². The number of methoxy groups -OCH3 is 3. The Balaban J connectivity index is 2.18. The molecule has 0 spiro atoms. The van der Waals surface area contributed by atoms with Gasteiger partial charge in [-0.15, -0.1) is 0 Å². The summed E-state index contributed by atoms with van der Waals surface area (Å²) in [6.07, 6.45) is 1.62. The molecule has 0 saturated heterocycles. The van der Waals surface area contributed by atoms with Gasteiger partial charge in [0.1, 0.15) is 11.5 Å². The van der Waals surface area contributed by atoms with Crippen molar-refractivity contribution in [2.75, 3.05) is 26.2 Å². The summed E-state index contributed by atoms with van der Waals surface area (Å²) in [6.45, 7) is 1.68. The summed E-state index contributed by atoms with van der Waals surface area (Å²) in [5.74, 6) is 0.0576. The molecule has 0 radical (unpaired) electrons. The van der Waals surface area contributed by atoms with Gasteiger partial charge in [0.25, 0.3) is 5.91 Å². The maximum Gasteiger partial charge on any atom is 0.340 e. The third kappa shape index (κ3) is 3.95. The number of rotatable bonds is 5. The zero-order valence-electron chi connectivity index (χ0n) is 16.8. The molecule has 0 saturated carbocycles. The predicted octanol–water partition coefficient (Wildman–Crippen LogP) is 5.00. The highest BCUT2D eigenvalue weighted by Gasteiger charge is 2.38. The summed E-state index contributed by atoms with van der Waals surface area (Å²) in [5, 5.41) is 0.348. The summed E-state index contributed by atoms with van der Waals surface area (Å²) >= 11 is 9.67. The molecule has 1 aliphatic rings. The zero-order valence-corrected chi connectivity index (χ0v) is 19.1. The first kappa shape index (κ1) is 21.9. The van der Waals surface area contributed by atoms with Crippen molar-refractivity contribution in [1.29, 1.82) is 0 Å². The second-order valence-electron chi connectivity index (χ2n) is 6.36. The smallest absolute Gasteiger partial charge is 0.340 e. The lowest BCUT2D eigenvalue weighted by Gasteiger charge is -2.19. The Morgan fingerprint density at radius 1 is 1.07 bits per heavy atom. The Bertz CT molecular complexity index is 1090. The normalized spacial score (nSPS) is 15.1. The average Bonchev–Trinajstić information content (AvgIpc) is 2.97. The van der Waals surface area contributed by atoms with Gasteiger partial charge in [0.05, 0.1) is 43.2 Å². The molecule has 3 rings (SSSR count). The molecule has 0 bridgehead atoms. The first-order valence-electron chi connectivity index (χ1n) is 8.85. The number of nitrogens with zero attached hydrogens (tertiary/aromatic N) is 1. The summed E-state index contributed by atoms with van der Waals surface area (Å²) in [4.78, 5) is 27.4. The van der Waals surface area contributed by atoms with Gasteiger partial charge < -0.3 is 14.2 Å². The van der Waals surface area contributed by atoms with Gasteiger partial charge in [-0.3, -0.25) is 9.69 Å². The number of ether oxygens (including phenoxy) is 3. The number of hydrogen-bond donors (Lipinski definition) is 0. The molecule has 1 heterocycles. The first-order valence-corrected chi connectivity index (χ1v) is 10.0. The van der Waals surface area contributed by atoms with Gasteiger partial charge in [-0.05, 0) is 49.4 Å². The van der Waals surface area contributed by atoms with Crippen LogP contribution in [0.4, 0.5) is 5.69 Å². The first-order chi connectivity index (χ1) is 14.3. The van der Waals surface area contributed by atoms with Crippen LogP contribution in [0.3, 0.4) is 0 Å². The molecule has 1 amide bonds. The van der Waals surface area contributed by atoms with Gasteiger partial charge in [-0.2, -0.15) is 0 Å². The van der Waals surface area contributed by atoms with E-state index in [9.17, 15) is 9.59 Å². The molecule has 30 heavy (non-hydrogen) atoms. The number of benzene rings is 2. The quantitative estimate of drug-likeness (QED) is 0.434. The van der Waals surface area contributed by atoms with Crippen LogP contribution in [-0.4, -0.2) is 33.2 Å². The number of amides is 1. The molecule has 1 aliphatic heterocycles. The molecule has 0 atom stereocenters. The lowest BCUT2D eigenvalue weighted by Crippen LogP contribution is -2.24. The highest BCUT2D eigenvalue weighted by molar-refractivity contribution is 9.10. The molecule has 2 aromatic rings. The van der Waals surface area contributed by atoms with Crippen molar-refractivity contribution >= 4 is 51.2 Å². The van der Waals surface area contributed by atoms with Crippen molar-refractivity contribution in [3.63, 3.8) is 0 Å². The summed E-state index contributed by atoms with van der Waals surface area (Å²) in [5.41, 5.74) is 1.96. The lowest BCUT2D eigenvalue weighted by molar-refractivity contribution is -0.136.